The second kappa shape index (κ2) is 7.05. The predicted molar refractivity (Wildman–Crippen MR) is 91.8 cm³/mol. The lowest BCUT2D eigenvalue weighted by Gasteiger charge is -2.20. The molecule has 0 spiro atoms. The van der Waals surface area contributed by atoms with E-state index >= 15 is 0 Å². The topological polar surface area (TPSA) is 39.1 Å². The lowest BCUT2D eigenvalue weighted by molar-refractivity contribution is -0.116. The van der Waals surface area contributed by atoms with Crippen molar-refractivity contribution in [2.45, 2.75) is 25.2 Å². The van der Waals surface area contributed by atoms with E-state index in [2.05, 4.69) is 31.9 Å². The van der Waals surface area contributed by atoms with Crippen molar-refractivity contribution in [3.63, 3.8) is 0 Å². The van der Waals surface area contributed by atoms with Crippen molar-refractivity contribution in [1.82, 2.24) is 4.57 Å². The van der Waals surface area contributed by atoms with E-state index in [1.165, 1.54) is 23.6 Å². The van der Waals surface area contributed by atoms with Crippen LogP contribution in [0.25, 0.3) is 11.3 Å². The van der Waals surface area contributed by atoms with Crippen molar-refractivity contribution in [3.05, 3.63) is 56.3 Å². The minimum Gasteiger partial charge on any atom is -0.307 e. The molecule has 1 atom stereocenters. The Morgan fingerprint density at radius 3 is 2.35 bits per heavy atom. The quantitative estimate of drug-likeness (QED) is 0.641. The summed E-state index contributed by atoms with van der Waals surface area (Å²) < 4.78 is 30.0. The molecule has 122 valence electrons. The number of alkyl halides is 1. The van der Waals surface area contributed by atoms with Crippen LogP contribution in [-0.2, 0) is 11.3 Å². The Balaban J connectivity index is 2.98. The van der Waals surface area contributed by atoms with Crippen molar-refractivity contribution in [2.75, 3.05) is 0 Å². The Kier molecular flexibility index (Phi) is 5.52. The second-order valence-electron chi connectivity index (χ2n) is 4.92. The molecule has 23 heavy (non-hydrogen) atoms. The first-order valence-electron chi connectivity index (χ1n) is 6.81. The van der Waals surface area contributed by atoms with E-state index in [9.17, 15) is 18.4 Å². The standard InChI is InChI=1S/C16H13Br2F2NO2/c1-3-21-15(13-11(19)5-4-6-12(13)20)9(14(18)8(2)22)7-10(17)16(21)23/h4-7,14H,3H2,1-2H3. The van der Waals surface area contributed by atoms with Crippen LogP contribution in [0.5, 0.6) is 0 Å². The van der Waals surface area contributed by atoms with E-state index in [1.807, 2.05) is 0 Å². The number of carbonyl (C=O) groups excluding carboxylic acids is 1. The number of Topliss-reactive ketones (excluding diaryl/α,β-unsaturated/α-hetero) is 1. The van der Waals surface area contributed by atoms with Gasteiger partial charge in [0, 0.05) is 6.54 Å². The molecule has 7 heteroatoms. The van der Waals surface area contributed by atoms with E-state index < -0.39 is 22.0 Å². The number of aromatic nitrogens is 1. The summed E-state index contributed by atoms with van der Waals surface area (Å²) in [5.41, 5.74) is -0.347. The van der Waals surface area contributed by atoms with Gasteiger partial charge in [0.05, 0.1) is 20.6 Å². The van der Waals surface area contributed by atoms with E-state index in [4.69, 9.17) is 0 Å². The summed E-state index contributed by atoms with van der Waals surface area (Å²) in [6, 6.07) is 4.91. The van der Waals surface area contributed by atoms with Crippen molar-refractivity contribution in [3.8, 4) is 11.3 Å². The average molecular weight is 449 g/mol. The van der Waals surface area contributed by atoms with Gasteiger partial charge in [-0.3, -0.25) is 9.59 Å². The molecule has 0 bridgehead atoms. The summed E-state index contributed by atoms with van der Waals surface area (Å²) in [5, 5.41) is 0. The molecule has 0 N–H and O–H groups in total. The molecular weight excluding hydrogens is 436 g/mol. The van der Waals surface area contributed by atoms with Crippen LogP contribution in [0.1, 0.15) is 24.2 Å². The molecule has 0 aliphatic rings. The van der Waals surface area contributed by atoms with Crippen molar-refractivity contribution in [2.24, 2.45) is 0 Å². The van der Waals surface area contributed by atoms with Gasteiger partial charge in [-0.25, -0.2) is 8.78 Å². The number of halogens is 4. The van der Waals surface area contributed by atoms with E-state index in [0.29, 0.717) is 5.56 Å². The monoisotopic (exact) mass is 447 g/mol. The highest BCUT2D eigenvalue weighted by molar-refractivity contribution is 9.10. The third-order valence-electron chi connectivity index (χ3n) is 3.42. The van der Waals surface area contributed by atoms with Crippen LogP contribution in [0.3, 0.4) is 0 Å². The summed E-state index contributed by atoms with van der Waals surface area (Å²) in [7, 11) is 0. The van der Waals surface area contributed by atoms with Gasteiger partial charge < -0.3 is 4.57 Å². The lowest BCUT2D eigenvalue weighted by Crippen LogP contribution is -2.25. The van der Waals surface area contributed by atoms with Crippen molar-refractivity contribution in [1.29, 1.82) is 0 Å². The van der Waals surface area contributed by atoms with Crippen LogP contribution in [0, 0.1) is 11.6 Å². The summed E-state index contributed by atoms with van der Waals surface area (Å²) in [4.78, 5) is 23.3. The largest absolute Gasteiger partial charge is 0.307 e. The Hall–Kier alpha value is -1.34. The Labute approximate surface area is 148 Å². The van der Waals surface area contributed by atoms with Crippen LogP contribution in [0.15, 0.2) is 33.5 Å². The molecule has 1 unspecified atom stereocenters. The minimum absolute atomic E-state index is 0.0633. The molecule has 0 saturated carbocycles. The first kappa shape index (κ1) is 18.0. The van der Waals surface area contributed by atoms with Crippen LogP contribution < -0.4 is 5.56 Å². The zero-order chi connectivity index (χ0) is 17.3. The van der Waals surface area contributed by atoms with Gasteiger partial charge in [-0.1, -0.05) is 22.0 Å². The number of ketones is 1. The minimum atomic E-state index is -0.793. The van der Waals surface area contributed by atoms with Crippen LogP contribution in [0.4, 0.5) is 8.78 Å². The summed E-state index contributed by atoms with van der Waals surface area (Å²) in [6.45, 7) is 3.25. The molecule has 3 nitrogen and oxygen atoms in total. The van der Waals surface area contributed by atoms with Gasteiger partial charge in [-0.2, -0.15) is 0 Å². The molecule has 0 aliphatic carbocycles. The lowest BCUT2D eigenvalue weighted by atomic mass is 10.00. The van der Waals surface area contributed by atoms with Gasteiger partial charge in [0.2, 0.25) is 0 Å². The molecule has 0 amide bonds. The summed E-state index contributed by atoms with van der Waals surface area (Å²) in [6.07, 6.45) is 0. The molecule has 0 aliphatic heterocycles. The number of hydrogen-bond acceptors (Lipinski definition) is 2. The molecular formula is C16H13Br2F2NO2. The fourth-order valence-electron chi connectivity index (χ4n) is 2.37. The van der Waals surface area contributed by atoms with E-state index in [0.717, 1.165) is 12.1 Å². The number of hydrogen-bond donors (Lipinski definition) is 0. The summed E-state index contributed by atoms with van der Waals surface area (Å²) in [5.74, 6) is -1.83. The highest BCUT2D eigenvalue weighted by Gasteiger charge is 2.26. The number of nitrogens with zero attached hydrogens (tertiary/aromatic N) is 1. The van der Waals surface area contributed by atoms with Gasteiger partial charge in [-0.15, -0.1) is 0 Å². The summed E-state index contributed by atoms with van der Waals surface area (Å²) >= 11 is 6.38. The molecule has 1 heterocycles. The van der Waals surface area contributed by atoms with Gasteiger partial charge in [0.15, 0.2) is 0 Å². The molecule has 0 saturated heterocycles. The molecule has 2 aromatic rings. The normalized spacial score (nSPS) is 12.3. The highest BCUT2D eigenvalue weighted by Crippen LogP contribution is 2.36. The maximum absolute atomic E-state index is 14.3. The molecule has 0 fully saturated rings. The maximum Gasteiger partial charge on any atom is 0.265 e. The highest BCUT2D eigenvalue weighted by atomic mass is 79.9. The number of carbonyl (C=O) groups is 1. The Morgan fingerprint density at radius 2 is 1.87 bits per heavy atom. The fourth-order valence-corrected chi connectivity index (χ4v) is 3.18. The van der Waals surface area contributed by atoms with Gasteiger partial charge >= 0.3 is 0 Å². The second-order valence-corrected chi connectivity index (χ2v) is 6.69. The first-order chi connectivity index (χ1) is 10.8. The van der Waals surface area contributed by atoms with E-state index in [1.54, 1.807) is 6.92 Å². The van der Waals surface area contributed by atoms with Crippen molar-refractivity contribution < 1.29 is 13.6 Å². The fraction of sp³-hybridized carbons (Fsp3) is 0.250. The predicted octanol–water partition coefficient (Wildman–Crippen LogP) is 4.60. The Morgan fingerprint density at radius 1 is 1.30 bits per heavy atom. The first-order valence-corrected chi connectivity index (χ1v) is 8.52. The van der Waals surface area contributed by atoms with Gasteiger partial charge in [0.1, 0.15) is 17.4 Å². The van der Waals surface area contributed by atoms with Crippen LogP contribution in [0.2, 0.25) is 0 Å². The third-order valence-corrected chi connectivity index (χ3v) is 5.13. The van der Waals surface area contributed by atoms with Crippen LogP contribution in [-0.4, -0.2) is 10.4 Å². The average Bonchev–Trinajstić information content (AvgIpc) is 2.49. The van der Waals surface area contributed by atoms with E-state index in [-0.39, 0.29) is 28.1 Å². The SMILES string of the molecule is CCn1c(-c2c(F)cccc2F)c(C(Br)C(C)=O)cc(Br)c1=O. The van der Waals surface area contributed by atoms with Gasteiger partial charge in [0.25, 0.3) is 5.56 Å². The molecule has 2 rings (SSSR count). The maximum atomic E-state index is 14.3. The zero-order valence-corrected chi connectivity index (χ0v) is 15.5. The van der Waals surface area contributed by atoms with Crippen molar-refractivity contribution >= 4 is 37.6 Å². The molecule has 0 radical (unpaired) electrons. The third kappa shape index (κ3) is 3.30. The number of benzene rings is 1. The molecule has 1 aromatic heterocycles. The smallest absolute Gasteiger partial charge is 0.265 e. The zero-order valence-electron chi connectivity index (χ0n) is 12.4. The van der Waals surface area contributed by atoms with Gasteiger partial charge in [-0.05, 0) is 53.5 Å². The van der Waals surface area contributed by atoms with Crippen LogP contribution >= 0.6 is 31.9 Å². The molecule has 1 aromatic carbocycles. The number of pyridine rings is 1. The Bertz CT molecular complexity index is 813. The number of rotatable bonds is 4.